The van der Waals surface area contributed by atoms with Gasteiger partial charge in [-0.05, 0) is 36.0 Å². The van der Waals surface area contributed by atoms with Crippen molar-refractivity contribution in [2.75, 3.05) is 13.4 Å². The first-order chi connectivity index (χ1) is 13.6. The third-order valence-electron chi connectivity index (χ3n) is 7.37. The van der Waals surface area contributed by atoms with E-state index in [0.29, 0.717) is 5.92 Å². The number of hydrogen-bond donors (Lipinski definition) is 1. The van der Waals surface area contributed by atoms with E-state index in [1.165, 1.54) is 12.5 Å². The van der Waals surface area contributed by atoms with Crippen LogP contribution in [0, 0.1) is 26.9 Å². The van der Waals surface area contributed by atoms with Crippen molar-refractivity contribution in [1.29, 1.82) is 0 Å². The number of nitrogens with one attached hydrogen (secondary N) is 1. The van der Waals surface area contributed by atoms with Gasteiger partial charge >= 0.3 is 5.97 Å². The Kier molecular flexibility index (Phi) is 4.43. The summed E-state index contributed by atoms with van der Waals surface area (Å²) in [6, 6.07) is 2.36. The summed E-state index contributed by atoms with van der Waals surface area (Å²) in [5.41, 5.74) is -0.579. The van der Waals surface area contributed by atoms with Crippen LogP contribution in [0.25, 0.3) is 0 Å². The van der Waals surface area contributed by atoms with Gasteiger partial charge in [-0.1, -0.05) is 20.8 Å². The molecule has 29 heavy (non-hydrogen) atoms. The average molecular weight is 404 g/mol. The molecule has 3 aliphatic rings. The molecule has 1 amide bonds. The highest BCUT2D eigenvalue weighted by Gasteiger charge is 2.61. The Morgan fingerprint density at radius 3 is 2.55 bits per heavy atom. The highest BCUT2D eigenvalue weighted by Crippen LogP contribution is 2.65. The van der Waals surface area contributed by atoms with Gasteiger partial charge in [-0.2, -0.15) is 0 Å². The van der Waals surface area contributed by atoms with E-state index < -0.39 is 29.1 Å². The zero-order chi connectivity index (χ0) is 21.0. The number of carbonyl (C=O) groups is 2. The molecular formula is C20H24N2O7. The van der Waals surface area contributed by atoms with Crippen molar-refractivity contribution in [2.24, 2.45) is 16.7 Å². The number of benzene rings is 1. The number of esters is 1. The molecule has 9 heteroatoms. The minimum Gasteiger partial charge on any atom is -0.454 e. The summed E-state index contributed by atoms with van der Waals surface area (Å²) in [5.74, 6) is -0.375. The Morgan fingerprint density at radius 2 is 1.97 bits per heavy atom. The van der Waals surface area contributed by atoms with Gasteiger partial charge < -0.3 is 19.5 Å². The number of nitrogens with zero attached hydrogens (tertiary/aromatic N) is 1. The van der Waals surface area contributed by atoms with Crippen molar-refractivity contribution >= 4 is 17.6 Å². The number of nitro benzene ring substituents is 1. The van der Waals surface area contributed by atoms with Crippen LogP contribution in [0.4, 0.5) is 5.69 Å². The molecule has 3 unspecified atom stereocenters. The first-order valence-corrected chi connectivity index (χ1v) is 9.68. The van der Waals surface area contributed by atoms with Crippen molar-refractivity contribution in [3.63, 3.8) is 0 Å². The van der Waals surface area contributed by atoms with E-state index in [9.17, 15) is 19.7 Å². The lowest BCUT2D eigenvalue weighted by Gasteiger charge is -2.39. The highest BCUT2D eigenvalue weighted by molar-refractivity contribution is 5.96. The van der Waals surface area contributed by atoms with E-state index >= 15 is 0 Å². The number of hydrogen-bond acceptors (Lipinski definition) is 7. The molecule has 1 aromatic carbocycles. The number of amides is 1. The maximum absolute atomic E-state index is 12.4. The SMILES string of the molecule is CC1(C)C2CCC1(C)C(NC(=O)COC(=O)c1cc3c(cc1[N+](=O)[O-])OCO3)C2. The van der Waals surface area contributed by atoms with Gasteiger partial charge in [-0.3, -0.25) is 14.9 Å². The molecule has 2 bridgehead atoms. The molecule has 1 N–H and O–H groups in total. The highest BCUT2D eigenvalue weighted by atomic mass is 16.7. The number of rotatable bonds is 5. The molecule has 1 aliphatic heterocycles. The first-order valence-electron chi connectivity index (χ1n) is 9.68. The molecule has 0 radical (unpaired) electrons. The summed E-state index contributed by atoms with van der Waals surface area (Å²) in [6.07, 6.45) is 3.13. The van der Waals surface area contributed by atoms with Crippen molar-refractivity contribution < 1.29 is 28.7 Å². The molecular weight excluding hydrogens is 380 g/mol. The summed E-state index contributed by atoms with van der Waals surface area (Å²) in [7, 11) is 0. The molecule has 1 heterocycles. The van der Waals surface area contributed by atoms with E-state index in [1.54, 1.807) is 0 Å². The Labute approximate surface area is 167 Å². The van der Waals surface area contributed by atoms with Crippen LogP contribution in [0.1, 0.15) is 50.4 Å². The van der Waals surface area contributed by atoms with Gasteiger partial charge in [-0.25, -0.2) is 4.79 Å². The molecule has 0 aromatic heterocycles. The summed E-state index contributed by atoms with van der Waals surface area (Å²) in [5, 5.41) is 14.3. The first kappa shape index (κ1) is 19.5. The van der Waals surface area contributed by atoms with E-state index in [0.717, 1.165) is 18.9 Å². The van der Waals surface area contributed by atoms with Gasteiger partial charge in [0.2, 0.25) is 6.79 Å². The van der Waals surface area contributed by atoms with E-state index in [1.807, 2.05) is 0 Å². The Hall–Kier alpha value is -2.84. The molecule has 0 saturated heterocycles. The minimum absolute atomic E-state index is 0.00739. The molecule has 1 aromatic rings. The molecule has 2 aliphatic carbocycles. The van der Waals surface area contributed by atoms with Gasteiger partial charge in [-0.15, -0.1) is 0 Å². The zero-order valence-corrected chi connectivity index (χ0v) is 16.6. The minimum atomic E-state index is -0.954. The fourth-order valence-electron chi connectivity index (χ4n) is 5.11. The van der Waals surface area contributed by atoms with Crippen LogP contribution < -0.4 is 14.8 Å². The third kappa shape index (κ3) is 2.99. The molecule has 2 saturated carbocycles. The lowest BCUT2D eigenvalue weighted by Crippen LogP contribution is -2.48. The maximum Gasteiger partial charge on any atom is 0.345 e. The molecule has 2 fully saturated rings. The normalized spacial score (nSPS) is 28.2. The summed E-state index contributed by atoms with van der Waals surface area (Å²) in [6.45, 7) is 6.12. The monoisotopic (exact) mass is 404 g/mol. The quantitative estimate of drug-likeness (QED) is 0.455. The lowest BCUT2D eigenvalue weighted by molar-refractivity contribution is -0.385. The molecule has 3 atom stereocenters. The van der Waals surface area contributed by atoms with Crippen LogP contribution in [0.2, 0.25) is 0 Å². The predicted molar refractivity (Wildman–Crippen MR) is 101 cm³/mol. The number of carbonyl (C=O) groups excluding carboxylic acids is 2. The fourth-order valence-corrected chi connectivity index (χ4v) is 5.11. The zero-order valence-electron chi connectivity index (χ0n) is 16.6. The van der Waals surface area contributed by atoms with E-state index in [2.05, 4.69) is 26.1 Å². The average Bonchev–Trinajstić information content (AvgIpc) is 3.27. The van der Waals surface area contributed by atoms with Gasteiger partial charge in [0, 0.05) is 12.1 Å². The van der Waals surface area contributed by atoms with Crippen LogP contribution in [0.15, 0.2) is 12.1 Å². The molecule has 9 nitrogen and oxygen atoms in total. The summed E-state index contributed by atoms with van der Waals surface area (Å²) in [4.78, 5) is 35.4. The predicted octanol–water partition coefficient (Wildman–Crippen LogP) is 2.81. The van der Waals surface area contributed by atoms with Crippen LogP contribution in [-0.2, 0) is 9.53 Å². The molecule has 0 spiro atoms. The van der Waals surface area contributed by atoms with Crippen molar-refractivity contribution in [3.8, 4) is 11.5 Å². The number of fused-ring (bicyclic) bond motifs is 3. The maximum atomic E-state index is 12.4. The van der Waals surface area contributed by atoms with Crippen LogP contribution in [0.3, 0.4) is 0 Å². The molecule has 156 valence electrons. The lowest BCUT2D eigenvalue weighted by atomic mass is 9.69. The number of nitro groups is 1. The van der Waals surface area contributed by atoms with Gasteiger partial charge in [0.25, 0.3) is 11.6 Å². The van der Waals surface area contributed by atoms with E-state index in [4.69, 9.17) is 14.2 Å². The summed E-state index contributed by atoms with van der Waals surface area (Å²) >= 11 is 0. The standard InChI is InChI=1S/C20H24N2O7/c1-19(2)11-4-5-20(19,3)16(6-11)21-17(23)9-27-18(24)12-7-14-15(29-10-28-14)8-13(12)22(25)26/h7-8,11,16H,4-6,9-10H2,1-3H3,(H,21,23). The second-order valence-corrected chi connectivity index (χ2v) is 8.79. The second-order valence-electron chi connectivity index (χ2n) is 8.79. The van der Waals surface area contributed by atoms with Crippen molar-refractivity contribution in [3.05, 3.63) is 27.8 Å². The van der Waals surface area contributed by atoms with Crippen LogP contribution >= 0.6 is 0 Å². The van der Waals surface area contributed by atoms with E-state index in [-0.39, 0.29) is 40.7 Å². The van der Waals surface area contributed by atoms with Gasteiger partial charge in [0.1, 0.15) is 5.56 Å². The van der Waals surface area contributed by atoms with Gasteiger partial charge in [0.05, 0.1) is 11.0 Å². The molecule has 4 rings (SSSR count). The van der Waals surface area contributed by atoms with Crippen LogP contribution in [0.5, 0.6) is 11.5 Å². The second kappa shape index (κ2) is 6.60. The Bertz CT molecular complexity index is 897. The third-order valence-corrected chi connectivity index (χ3v) is 7.37. The fraction of sp³-hybridized carbons (Fsp3) is 0.600. The Morgan fingerprint density at radius 1 is 1.28 bits per heavy atom. The largest absolute Gasteiger partial charge is 0.454 e. The van der Waals surface area contributed by atoms with Gasteiger partial charge in [0.15, 0.2) is 18.1 Å². The smallest absolute Gasteiger partial charge is 0.345 e. The summed E-state index contributed by atoms with van der Waals surface area (Å²) < 4.78 is 15.3. The van der Waals surface area contributed by atoms with Crippen LogP contribution in [-0.4, -0.2) is 36.2 Å². The number of ether oxygens (including phenoxy) is 3. The van der Waals surface area contributed by atoms with Crippen molar-refractivity contribution in [1.82, 2.24) is 5.32 Å². The topological polar surface area (TPSA) is 117 Å². The van der Waals surface area contributed by atoms with Crippen molar-refractivity contribution in [2.45, 2.75) is 46.1 Å². The Balaban J connectivity index is 1.41.